The zero-order chi connectivity index (χ0) is 15.1. The molecule has 0 N–H and O–H groups in total. The van der Waals surface area contributed by atoms with Crippen LogP contribution in [0.3, 0.4) is 0 Å². The molecule has 4 heterocycles. The molecule has 3 aromatic heterocycles. The second kappa shape index (κ2) is 5.13. The summed E-state index contributed by atoms with van der Waals surface area (Å²) in [7, 11) is 0. The molecule has 1 aliphatic heterocycles. The maximum absolute atomic E-state index is 12.2. The van der Waals surface area contributed by atoms with Crippen molar-refractivity contribution in [2.24, 2.45) is 0 Å². The molecule has 0 radical (unpaired) electrons. The van der Waals surface area contributed by atoms with Crippen molar-refractivity contribution in [3.05, 3.63) is 36.0 Å². The summed E-state index contributed by atoms with van der Waals surface area (Å²) in [6.45, 7) is 4.82. The van der Waals surface area contributed by atoms with Crippen molar-refractivity contribution in [3.63, 3.8) is 0 Å². The van der Waals surface area contributed by atoms with Crippen molar-refractivity contribution in [2.45, 2.75) is 6.92 Å². The highest BCUT2D eigenvalue weighted by atomic mass is 32.1. The highest BCUT2D eigenvalue weighted by Gasteiger charge is 2.25. The lowest BCUT2D eigenvalue weighted by Crippen LogP contribution is -2.48. The molecule has 0 aromatic carbocycles. The number of hydrogen-bond donors (Lipinski definition) is 0. The van der Waals surface area contributed by atoms with Gasteiger partial charge in [0.2, 0.25) is 10.1 Å². The molecular formula is C14H15N5O2S. The quantitative estimate of drug-likeness (QED) is 0.719. The zero-order valence-electron chi connectivity index (χ0n) is 12.1. The zero-order valence-corrected chi connectivity index (χ0v) is 12.9. The lowest BCUT2D eigenvalue weighted by Gasteiger charge is -2.33. The fraction of sp³-hybridized carbons (Fsp3) is 0.357. The Hall–Kier alpha value is -2.35. The summed E-state index contributed by atoms with van der Waals surface area (Å²) in [5.74, 6) is 0.353. The van der Waals surface area contributed by atoms with E-state index in [0.717, 1.165) is 28.9 Å². The monoisotopic (exact) mass is 317 g/mol. The van der Waals surface area contributed by atoms with E-state index in [1.165, 1.54) is 6.26 Å². The van der Waals surface area contributed by atoms with Crippen LogP contribution in [0.4, 0.5) is 5.13 Å². The number of imidazole rings is 1. The molecule has 1 aliphatic rings. The molecule has 1 fully saturated rings. The van der Waals surface area contributed by atoms with E-state index >= 15 is 0 Å². The smallest absolute Gasteiger partial charge is 0.289 e. The average molecular weight is 317 g/mol. The van der Waals surface area contributed by atoms with E-state index in [9.17, 15) is 4.79 Å². The maximum atomic E-state index is 12.2. The van der Waals surface area contributed by atoms with Gasteiger partial charge in [-0.25, -0.2) is 9.50 Å². The Morgan fingerprint density at radius 3 is 2.82 bits per heavy atom. The number of piperazine rings is 1. The first-order valence-electron chi connectivity index (χ1n) is 7.11. The first-order valence-corrected chi connectivity index (χ1v) is 7.93. The van der Waals surface area contributed by atoms with Gasteiger partial charge in [-0.3, -0.25) is 4.79 Å². The molecule has 22 heavy (non-hydrogen) atoms. The number of fused-ring (bicyclic) bond motifs is 1. The van der Waals surface area contributed by atoms with E-state index < -0.39 is 0 Å². The molecule has 7 nitrogen and oxygen atoms in total. The standard InChI is InChI=1S/C14H15N5O2S/c1-10-9-19-13(15-10)22-14(16-19)18-6-4-17(5-7-18)12(20)11-3-2-8-21-11/h2-3,8-9H,4-7H2,1H3. The number of hydrogen-bond acceptors (Lipinski definition) is 6. The van der Waals surface area contributed by atoms with Gasteiger partial charge in [0.1, 0.15) is 0 Å². The summed E-state index contributed by atoms with van der Waals surface area (Å²) in [6.07, 6.45) is 3.45. The Morgan fingerprint density at radius 1 is 1.32 bits per heavy atom. The van der Waals surface area contributed by atoms with Crippen molar-refractivity contribution in [1.82, 2.24) is 19.5 Å². The van der Waals surface area contributed by atoms with Gasteiger partial charge in [-0.05, 0) is 19.1 Å². The number of anilines is 1. The van der Waals surface area contributed by atoms with E-state index in [0.29, 0.717) is 18.8 Å². The van der Waals surface area contributed by atoms with Crippen molar-refractivity contribution >= 4 is 27.3 Å². The third kappa shape index (κ3) is 2.25. The fourth-order valence-electron chi connectivity index (χ4n) is 2.58. The molecule has 0 spiro atoms. The van der Waals surface area contributed by atoms with Crippen LogP contribution >= 0.6 is 11.3 Å². The molecule has 4 rings (SSSR count). The van der Waals surface area contributed by atoms with Gasteiger partial charge in [0.15, 0.2) is 5.76 Å². The van der Waals surface area contributed by atoms with Gasteiger partial charge in [-0.1, -0.05) is 11.3 Å². The van der Waals surface area contributed by atoms with E-state index in [1.807, 2.05) is 22.5 Å². The Kier molecular flexibility index (Phi) is 3.11. The molecule has 0 bridgehead atoms. The number of amides is 1. The molecule has 0 unspecified atom stereocenters. The Labute approximate surface area is 130 Å². The lowest BCUT2D eigenvalue weighted by atomic mass is 10.3. The largest absolute Gasteiger partial charge is 0.459 e. The minimum Gasteiger partial charge on any atom is -0.459 e. The van der Waals surface area contributed by atoms with Crippen LogP contribution < -0.4 is 4.90 Å². The van der Waals surface area contributed by atoms with E-state index in [1.54, 1.807) is 23.5 Å². The predicted molar refractivity (Wildman–Crippen MR) is 82.4 cm³/mol. The summed E-state index contributed by atoms with van der Waals surface area (Å²) >= 11 is 1.58. The van der Waals surface area contributed by atoms with Crippen LogP contribution in [0.15, 0.2) is 29.0 Å². The summed E-state index contributed by atoms with van der Waals surface area (Å²) in [6, 6.07) is 3.43. The number of carbonyl (C=O) groups is 1. The second-order valence-electron chi connectivity index (χ2n) is 5.25. The van der Waals surface area contributed by atoms with Crippen LogP contribution in [0.5, 0.6) is 0 Å². The number of nitrogens with zero attached hydrogens (tertiary/aromatic N) is 5. The maximum Gasteiger partial charge on any atom is 0.289 e. The number of furan rings is 1. The Bertz CT molecular complexity index is 767. The topological polar surface area (TPSA) is 66.9 Å². The molecule has 0 atom stereocenters. The van der Waals surface area contributed by atoms with E-state index in [-0.39, 0.29) is 5.91 Å². The van der Waals surface area contributed by atoms with Gasteiger partial charge in [0.05, 0.1) is 18.2 Å². The molecule has 0 saturated carbocycles. The summed E-state index contributed by atoms with van der Waals surface area (Å²) < 4.78 is 6.99. The van der Waals surface area contributed by atoms with Crippen LogP contribution in [-0.2, 0) is 0 Å². The minimum absolute atomic E-state index is 0.0470. The first kappa shape index (κ1) is 13.3. The number of aromatic nitrogens is 3. The number of rotatable bonds is 2. The molecule has 3 aromatic rings. The van der Waals surface area contributed by atoms with Gasteiger partial charge in [-0.2, -0.15) is 0 Å². The molecule has 8 heteroatoms. The summed E-state index contributed by atoms with van der Waals surface area (Å²) in [5, 5.41) is 5.51. The third-order valence-electron chi connectivity index (χ3n) is 3.72. The lowest BCUT2D eigenvalue weighted by molar-refractivity contribution is 0.0714. The normalized spacial score (nSPS) is 15.7. The van der Waals surface area contributed by atoms with Crippen LogP contribution in [0.2, 0.25) is 0 Å². The first-order chi connectivity index (χ1) is 10.7. The summed E-state index contributed by atoms with van der Waals surface area (Å²) in [4.78, 5) is 21.6. The highest BCUT2D eigenvalue weighted by Crippen LogP contribution is 2.24. The molecule has 1 amide bonds. The Morgan fingerprint density at radius 2 is 2.14 bits per heavy atom. The average Bonchev–Trinajstić information content (AvgIpc) is 3.22. The van der Waals surface area contributed by atoms with Gasteiger partial charge in [0.25, 0.3) is 5.91 Å². The Balaban J connectivity index is 1.45. The van der Waals surface area contributed by atoms with Gasteiger partial charge >= 0.3 is 0 Å². The fourth-order valence-corrected chi connectivity index (χ4v) is 3.56. The highest BCUT2D eigenvalue weighted by molar-refractivity contribution is 7.20. The molecule has 1 saturated heterocycles. The van der Waals surface area contributed by atoms with Crippen LogP contribution in [0.25, 0.3) is 4.96 Å². The SMILES string of the molecule is Cc1cn2nc(N3CCN(C(=O)c4ccco4)CC3)sc2n1. The van der Waals surface area contributed by atoms with Gasteiger partial charge in [0, 0.05) is 26.2 Å². The molecular weight excluding hydrogens is 302 g/mol. The van der Waals surface area contributed by atoms with Crippen molar-refractivity contribution < 1.29 is 9.21 Å². The van der Waals surface area contributed by atoms with Crippen molar-refractivity contribution in [3.8, 4) is 0 Å². The van der Waals surface area contributed by atoms with Crippen LogP contribution in [0, 0.1) is 6.92 Å². The van der Waals surface area contributed by atoms with Crippen LogP contribution in [-0.4, -0.2) is 51.6 Å². The summed E-state index contributed by atoms with van der Waals surface area (Å²) in [5.41, 5.74) is 0.971. The number of aryl methyl sites for hydroxylation is 1. The molecule has 0 aliphatic carbocycles. The van der Waals surface area contributed by atoms with Crippen molar-refractivity contribution in [1.29, 1.82) is 0 Å². The third-order valence-corrected chi connectivity index (χ3v) is 4.71. The van der Waals surface area contributed by atoms with Crippen molar-refractivity contribution in [2.75, 3.05) is 31.1 Å². The predicted octanol–water partition coefficient (Wildman–Crippen LogP) is 1.65. The molecule has 114 valence electrons. The minimum atomic E-state index is -0.0470. The second-order valence-corrected chi connectivity index (χ2v) is 6.19. The van der Waals surface area contributed by atoms with Gasteiger partial charge < -0.3 is 14.2 Å². The van der Waals surface area contributed by atoms with Gasteiger partial charge in [-0.15, -0.1) is 5.10 Å². The van der Waals surface area contributed by atoms with E-state index in [4.69, 9.17) is 4.42 Å². The van der Waals surface area contributed by atoms with Crippen LogP contribution in [0.1, 0.15) is 16.2 Å². The number of carbonyl (C=O) groups excluding carboxylic acids is 1. The van der Waals surface area contributed by atoms with E-state index in [2.05, 4.69) is 15.0 Å².